The molecular weight excluding hydrogens is 440 g/mol. The molecule has 0 fully saturated rings. The second kappa shape index (κ2) is 8.86. The Balaban J connectivity index is 2.07. The molecule has 1 atom stereocenters. The third kappa shape index (κ3) is 4.61. The lowest BCUT2D eigenvalue weighted by Gasteiger charge is -2.22. The molecule has 0 radical (unpaired) electrons. The van der Waals surface area contributed by atoms with E-state index in [0.717, 1.165) is 26.2 Å². The minimum atomic E-state index is -0.0557. The van der Waals surface area contributed by atoms with Gasteiger partial charge < -0.3 is 0 Å². The number of aryl methyl sites for hydroxylation is 1. The van der Waals surface area contributed by atoms with Crippen LogP contribution in [-0.4, -0.2) is 10.3 Å². The smallest absolute Gasteiger partial charge is 0.0931 e. The van der Waals surface area contributed by atoms with Gasteiger partial charge in [0.15, 0.2) is 0 Å². The first kappa shape index (κ1) is 20.5. The molecule has 0 unspecified atom stereocenters. The number of hydrogen-bond acceptors (Lipinski definition) is 4. The minimum absolute atomic E-state index is 0.0557. The fourth-order valence-electron chi connectivity index (χ4n) is 3.32. The molecule has 0 spiro atoms. The molecule has 0 saturated carbocycles. The summed E-state index contributed by atoms with van der Waals surface area (Å²) in [5.74, 6) is -0.0557. The average Bonchev–Trinajstić information content (AvgIpc) is 2.67. The minimum Gasteiger partial charge on any atom is -0.284 e. The zero-order valence-electron chi connectivity index (χ0n) is 15.6. The lowest BCUT2D eigenvalue weighted by Crippen LogP contribution is -2.12. The second-order valence-corrected chi connectivity index (χ2v) is 8.10. The standard InChI is InChI=1S/C22H20BrClN2O2/c1-14-11-19(24)7-8-20(14)21(16-3-5-18(23)6-4-16)13-22(25-27)17-9-10-26(28)15(2)12-17/h3-12,21,28H,13H2,1-2H3/t21-/m1/s1. The van der Waals surface area contributed by atoms with Gasteiger partial charge >= 0.3 is 0 Å². The van der Waals surface area contributed by atoms with Gasteiger partial charge in [-0.1, -0.05) is 45.7 Å². The molecule has 0 aromatic heterocycles. The summed E-state index contributed by atoms with van der Waals surface area (Å²) in [6.07, 6.45) is 5.39. The average molecular weight is 460 g/mol. The van der Waals surface area contributed by atoms with Crippen molar-refractivity contribution in [1.82, 2.24) is 5.06 Å². The first-order valence-corrected chi connectivity index (χ1v) is 9.98. The molecule has 28 heavy (non-hydrogen) atoms. The van der Waals surface area contributed by atoms with Crippen LogP contribution in [0, 0.1) is 11.8 Å². The van der Waals surface area contributed by atoms with Crippen molar-refractivity contribution < 1.29 is 5.21 Å². The Hall–Kier alpha value is -2.21. The van der Waals surface area contributed by atoms with E-state index in [2.05, 4.69) is 21.1 Å². The van der Waals surface area contributed by atoms with Crippen molar-refractivity contribution in [3.05, 3.63) is 109 Å². The zero-order chi connectivity index (χ0) is 20.3. The largest absolute Gasteiger partial charge is 0.284 e. The molecule has 0 saturated heterocycles. The number of nitrogens with zero attached hydrogens (tertiary/aromatic N) is 2. The van der Waals surface area contributed by atoms with Crippen LogP contribution >= 0.6 is 27.5 Å². The normalized spacial score (nSPS) is 16.6. The molecule has 0 amide bonds. The van der Waals surface area contributed by atoms with E-state index in [9.17, 15) is 10.1 Å². The van der Waals surface area contributed by atoms with E-state index in [1.807, 2.05) is 49.4 Å². The van der Waals surface area contributed by atoms with Crippen LogP contribution in [0.25, 0.3) is 0 Å². The van der Waals surface area contributed by atoms with Crippen LogP contribution in [0.1, 0.15) is 36.0 Å². The van der Waals surface area contributed by atoms with Gasteiger partial charge in [0.05, 0.1) is 5.70 Å². The molecule has 1 N–H and O–H groups in total. The van der Waals surface area contributed by atoms with Gasteiger partial charge in [-0.2, -0.15) is 0 Å². The Kier molecular flexibility index (Phi) is 6.50. The van der Waals surface area contributed by atoms with Crippen LogP contribution in [0.15, 0.2) is 87.4 Å². The highest BCUT2D eigenvalue weighted by molar-refractivity contribution is 9.10. The maximum atomic E-state index is 11.7. The van der Waals surface area contributed by atoms with Crippen LogP contribution < -0.4 is 0 Å². The number of rotatable bonds is 5. The van der Waals surface area contributed by atoms with Gasteiger partial charge in [0.1, 0.15) is 0 Å². The third-order valence-electron chi connectivity index (χ3n) is 4.84. The molecule has 1 heterocycles. The van der Waals surface area contributed by atoms with E-state index in [4.69, 9.17) is 11.6 Å². The van der Waals surface area contributed by atoms with Crippen molar-refractivity contribution in [2.24, 2.45) is 5.18 Å². The van der Waals surface area contributed by atoms with Gasteiger partial charge in [-0.3, -0.25) is 5.21 Å². The van der Waals surface area contributed by atoms with Crippen molar-refractivity contribution in [2.45, 2.75) is 26.2 Å². The maximum absolute atomic E-state index is 11.7. The Morgan fingerprint density at radius 2 is 1.93 bits per heavy atom. The quantitative estimate of drug-likeness (QED) is 0.486. The molecule has 4 nitrogen and oxygen atoms in total. The van der Waals surface area contributed by atoms with Crippen LogP contribution in [0.5, 0.6) is 0 Å². The summed E-state index contributed by atoms with van der Waals surface area (Å²) in [7, 11) is 0. The highest BCUT2D eigenvalue weighted by Gasteiger charge is 2.21. The number of hydroxylamine groups is 2. The number of hydrogen-bond donors (Lipinski definition) is 1. The molecular formula is C22H20BrClN2O2. The van der Waals surface area contributed by atoms with Gasteiger partial charge in [0.25, 0.3) is 0 Å². The van der Waals surface area contributed by atoms with Crippen LogP contribution in [0.4, 0.5) is 0 Å². The lowest BCUT2D eigenvalue weighted by atomic mass is 9.84. The molecule has 0 aliphatic carbocycles. The van der Waals surface area contributed by atoms with Crippen LogP contribution in [0.2, 0.25) is 5.02 Å². The Morgan fingerprint density at radius 1 is 1.21 bits per heavy atom. The van der Waals surface area contributed by atoms with Gasteiger partial charge in [0, 0.05) is 39.3 Å². The van der Waals surface area contributed by atoms with E-state index in [-0.39, 0.29) is 5.92 Å². The van der Waals surface area contributed by atoms with Gasteiger partial charge in [-0.25, -0.2) is 5.06 Å². The van der Waals surface area contributed by atoms with E-state index in [0.29, 0.717) is 28.4 Å². The van der Waals surface area contributed by atoms with Crippen LogP contribution in [-0.2, 0) is 0 Å². The first-order valence-electron chi connectivity index (χ1n) is 8.81. The monoisotopic (exact) mass is 458 g/mol. The van der Waals surface area contributed by atoms with Crippen molar-refractivity contribution in [3.8, 4) is 0 Å². The Bertz CT molecular complexity index is 981. The van der Waals surface area contributed by atoms with E-state index >= 15 is 0 Å². The Labute approximate surface area is 177 Å². The molecule has 1 aliphatic heterocycles. The van der Waals surface area contributed by atoms with E-state index in [1.54, 1.807) is 19.1 Å². The van der Waals surface area contributed by atoms with Crippen molar-refractivity contribution in [3.63, 3.8) is 0 Å². The number of allylic oxidation sites excluding steroid dienone is 5. The van der Waals surface area contributed by atoms with Crippen molar-refractivity contribution >= 4 is 27.5 Å². The number of halogens is 2. The SMILES string of the molecule is CC1=CC(=C(C[C@H](c2ccc(Br)cc2)c2ccc(Cl)cc2C)N=O)C=CN1O. The zero-order valence-corrected chi connectivity index (χ0v) is 17.9. The summed E-state index contributed by atoms with van der Waals surface area (Å²) in [6, 6.07) is 13.9. The molecule has 0 bridgehead atoms. The fourth-order valence-corrected chi connectivity index (χ4v) is 3.81. The highest BCUT2D eigenvalue weighted by atomic mass is 79.9. The number of benzene rings is 2. The maximum Gasteiger partial charge on any atom is 0.0931 e. The first-order chi connectivity index (χ1) is 13.4. The molecule has 3 rings (SSSR count). The van der Waals surface area contributed by atoms with E-state index in [1.165, 1.54) is 6.20 Å². The summed E-state index contributed by atoms with van der Waals surface area (Å²) in [5, 5.41) is 14.7. The summed E-state index contributed by atoms with van der Waals surface area (Å²) in [4.78, 5) is 11.7. The van der Waals surface area contributed by atoms with Crippen molar-refractivity contribution in [1.29, 1.82) is 0 Å². The summed E-state index contributed by atoms with van der Waals surface area (Å²) >= 11 is 9.62. The number of nitroso groups, excluding NO2 is 1. The fraction of sp³-hybridized carbons (Fsp3) is 0.182. The summed E-state index contributed by atoms with van der Waals surface area (Å²) in [5.41, 5.74) is 5.00. The Morgan fingerprint density at radius 3 is 2.54 bits per heavy atom. The summed E-state index contributed by atoms with van der Waals surface area (Å²) in [6.45, 7) is 3.78. The highest BCUT2D eigenvalue weighted by Crippen LogP contribution is 2.36. The third-order valence-corrected chi connectivity index (χ3v) is 5.61. The van der Waals surface area contributed by atoms with Gasteiger partial charge in [-0.05, 0) is 72.1 Å². The molecule has 6 heteroatoms. The molecule has 1 aliphatic rings. The predicted octanol–water partition coefficient (Wildman–Crippen LogP) is 7.08. The van der Waals surface area contributed by atoms with Crippen LogP contribution in [0.3, 0.4) is 0 Å². The molecule has 144 valence electrons. The molecule has 2 aromatic rings. The topological polar surface area (TPSA) is 52.9 Å². The summed E-state index contributed by atoms with van der Waals surface area (Å²) < 4.78 is 0.992. The lowest BCUT2D eigenvalue weighted by molar-refractivity contribution is -0.00464. The molecule has 2 aromatic carbocycles. The van der Waals surface area contributed by atoms with Gasteiger partial charge in [0.2, 0.25) is 0 Å². The van der Waals surface area contributed by atoms with Gasteiger partial charge in [-0.15, -0.1) is 4.91 Å². The second-order valence-electron chi connectivity index (χ2n) is 6.75. The van der Waals surface area contributed by atoms with E-state index < -0.39 is 0 Å². The van der Waals surface area contributed by atoms with Crippen molar-refractivity contribution in [2.75, 3.05) is 0 Å². The predicted molar refractivity (Wildman–Crippen MR) is 116 cm³/mol.